The van der Waals surface area contributed by atoms with Crippen molar-refractivity contribution in [2.75, 3.05) is 7.05 Å². The Kier molecular flexibility index (Phi) is 3.22. The van der Waals surface area contributed by atoms with E-state index in [-0.39, 0.29) is 11.0 Å². The largest absolute Gasteiger partial charge is 0.308 e. The van der Waals surface area contributed by atoms with Gasteiger partial charge in [-0.25, -0.2) is 4.98 Å². The van der Waals surface area contributed by atoms with Gasteiger partial charge in [0.15, 0.2) is 0 Å². The molecule has 106 valence electrons. The number of likely N-dealkylation sites (N-methyl/N-ethyl adjacent to an activating group) is 1. The number of rotatable bonds is 2. The summed E-state index contributed by atoms with van der Waals surface area (Å²) in [6.45, 7) is 6.67. The molecule has 3 rings (SSSR count). The SMILES string of the molecule is CNC1(c2nc(C(C)(C)C)cs2)Cc2ccccc2C1. The molecule has 0 unspecified atom stereocenters. The maximum absolute atomic E-state index is 4.95. The van der Waals surface area contributed by atoms with E-state index < -0.39 is 0 Å². The number of thiazole rings is 1. The summed E-state index contributed by atoms with van der Waals surface area (Å²) in [5, 5.41) is 7.00. The first-order valence-electron chi connectivity index (χ1n) is 7.17. The fourth-order valence-electron chi connectivity index (χ4n) is 2.89. The number of aromatic nitrogens is 1. The van der Waals surface area contributed by atoms with Crippen LogP contribution < -0.4 is 5.32 Å². The lowest BCUT2D eigenvalue weighted by Gasteiger charge is -2.26. The second-order valence-corrected chi connectivity index (χ2v) is 7.60. The highest BCUT2D eigenvalue weighted by Gasteiger charge is 2.40. The summed E-state index contributed by atoms with van der Waals surface area (Å²) in [5.74, 6) is 0. The van der Waals surface area contributed by atoms with Crippen LogP contribution in [0.4, 0.5) is 0 Å². The van der Waals surface area contributed by atoms with E-state index in [1.165, 1.54) is 21.8 Å². The first kappa shape index (κ1) is 13.8. The van der Waals surface area contributed by atoms with Gasteiger partial charge in [-0.1, -0.05) is 45.0 Å². The second kappa shape index (κ2) is 4.68. The van der Waals surface area contributed by atoms with Crippen LogP contribution >= 0.6 is 11.3 Å². The second-order valence-electron chi connectivity index (χ2n) is 6.74. The normalized spacial score (nSPS) is 17.2. The molecule has 1 aliphatic rings. The first-order chi connectivity index (χ1) is 9.44. The van der Waals surface area contributed by atoms with Crippen LogP contribution in [0, 0.1) is 0 Å². The zero-order valence-corrected chi connectivity index (χ0v) is 13.5. The van der Waals surface area contributed by atoms with E-state index in [9.17, 15) is 0 Å². The first-order valence-corrected chi connectivity index (χ1v) is 8.05. The van der Waals surface area contributed by atoms with Gasteiger partial charge in [0.25, 0.3) is 0 Å². The van der Waals surface area contributed by atoms with Crippen molar-refractivity contribution in [3.63, 3.8) is 0 Å². The van der Waals surface area contributed by atoms with Gasteiger partial charge < -0.3 is 5.32 Å². The molecule has 0 amide bonds. The lowest BCUT2D eigenvalue weighted by atomic mass is 9.92. The van der Waals surface area contributed by atoms with Crippen molar-refractivity contribution in [3.05, 3.63) is 51.5 Å². The number of hydrogen-bond acceptors (Lipinski definition) is 3. The Morgan fingerprint density at radius 1 is 1.15 bits per heavy atom. The molecular formula is C17H22N2S. The molecule has 0 aliphatic heterocycles. The van der Waals surface area contributed by atoms with Gasteiger partial charge in [-0.15, -0.1) is 11.3 Å². The van der Waals surface area contributed by atoms with Gasteiger partial charge in [0, 0.05) is 10.8 Å². The highest BCUT2D eigenvalue weighted by Crippen LogP contribution is 2.39. The molecule has 2 aromatic rings. The van der Waals surface area contributed by atoms with E-state index >= 15 is 0 Å². The van der Waals surface area contributed by atoms with Crippen LogP contribution in [0.1, 0.15) is 42.6 Å². The molecule has 1 N–H and O–H groups in total. The van der Waals surface area contributed by atoms with Gasteiger partial charge in [0.1, 0.15) is 5.01 Å². The molecule has 0 spiro atoms. The molecule has 3 heteroatoms. The Morgan fingerprint density at radius 2 is 1.75 bits per heavy atom. The summed E-state index contributed by atoms with van der Waals surface area (Å²) >= 11 is 1.79. The predicted molar refractivity (Wildman–Crippen MR) is 85.4 cm³/mol. The predicted octanol–water partition coefficient (Wildman–Crippen LogP) is 3.65. The van der Waals surface area contributed by atoms with Crippen LogP contribution in [0.5, 0.6) is 0 Å². The molecular weight excluding hydrogens is 264 g/mol. The van der Waals surface area contributed by atoms with Crippen molar-refractivity contribution >= 4 is 11.3 Å². The van der Waals surface area contributed by atoms with Crippen LogP contribution in [0.2, 0.25) is 0 Å². The van der Waals surface area contributed by atoms with E-state index in [1.807, 2.05) is 0 Å². The molecule has 0 atom stereocenters. The molecule has 0 bridgehead atoms. The van der Waals surface area contributed by atoms with E-state index in [0.29, 0.717) is 0 Å². The van der Waals surface area contributed by atoms with Crippen molar-refractivity contribution in [2.45, 2.75) is 44.6 Å². The standard InChI is InChI=1S/C17H22N2S/c1-16(2,3)14-11-20-15(19-14)17(18-4)9-12-7-5-6-8-13(12)10-17/h5-8,11,18H,9-10H2,1-4H3. The molecule has 2 nitrogen and oxygen atoms in total. The Hall–Kier alpha value is -1.19. The minimum absolute atomic E-state index is 0.0160. The summed E-state index contributed by atoms with van der Waals surface area (Å²) in [5.41, 5.74) is 4.21. The molecule has 1 aromatic heterocycles. The van der Waals surface area contributed by atoms with Crippen molar-refractivity contribution in [2.24, 2.45) is 0 Å². The lowest BCUT2D eigenvalue weighted by molar-refractivity contribution is 0.377. The Bertz CT molecular complexity index is 597. The highest BCUT2D eigenvalue weighted by molar-refractivity contribution is 7.09. The summed E-state index contributed by atoms with van der Waals surface area (Å²) < 4.78 is 0. The van der Waals surface area contributed by atoms with Gasteiger partial charge in [-0.05, 0) is 31.0 Å². The Morgan fingerprint density at radius 3 is 2.20 bits per heavy atom. The van der Waals surface area contributed by atoms with Gasteiger partial charge in [0.05, 0.1) is 11.2 Å². The smallest absolute Gasteiger partial charge is 0.114 e. The van der Waals surface area contributed by atoms with E-state index in [0.717, 1.165) is 12.8 Å². The topological polar surface area (TPSA) is 24.9 Å². The van der Waals surface area contributed by atoms with Crippen LogP contribution in [0.3, 0.4) is 0 Å². The minimum atomic E-state index is -0.0160. The Labute approximate surface area is 125 Å². The van der Waals surface area contributed by atoms with Crippen molar-refractivity contribution in [1.82, 2.24) is 10.3 Å². The summed E-state index contributed by atoms with van der Waals surface area (Å²) in [6.07, 6.45) is 2.08. The maximum Gasteiger partial charge on any atom is 0.114 e. The van der Waals surface area contributed by atoms with E-state index in [1.54, 1.807) is 11.3 Å². The third-order valence-corrected chi connectivity index (χ3v) is 5.31. The molecule has 0 radical (unpaired) electrons. The fourth-order valence-corrected chi connectivity index (χ4v) is 4.14. The molecule has 1 heterocycles. The number of nitrogens with zero attached hydrogens (tertiary/aromatic N) is 1. The van der Waals surface area contributed by atoms with Crippen LogP contribution in [0.15, 0.2) is 29.6 Å². The highest BCUT2D eigenvalue weighted by atomic mass is 32.1. The number of nitrogens with one attached hydrogen (secondary N) is 1. The molecule has 20 heavy (non-hydrogen) atoms. The average Bonchev–Trinajstić information content (AvgIpc) is 3.03. The summed E-state index contributed by atoms with van der Waals surface area (Å²) in [7, 11) is 2.06. The molecule has 0 fully saturated rings. The number of benzene rings is 1. The fraction of sp³-hybridized carbons (Fsp3) is 0.471. The average molecular weight is 286 g/mol. The Balaban J connectivity index is 1.98. The third-order valence-electron chi connectivity index (χ3n) is 4.26. The zero-order chi connectivity index (χ0) is 14.4. The van der Waals surface area contributed by atoms with Crippen LogP contribution in [-0.4, -0.2) is 12.0 Å². The monoisotopic (exact) mass is 286 g/mol. The van der Waals surface area contributed by atoms with E-state index in [4.69, 9.17) is 4.98 Å². The van der Waals surface area contributed by atoms with Gasteiger partial charge >= 0.3 is 0 Å². The minimum Gasteiger partial charge on any atom is -0.308 e. The third kappa shape index (κ3) is 2.19. The maximum atomic E-state index is 4.95. The molecule has 0 saturated heterocycles. The number of fused-ring (bicyclic) bond motifs is 1. The van der Waals surface area contributed by atoms with Crippen molar-refractivity contribution < 1.29 is 0 Å². The van der Waals surface area contributed by atoms with Gasteiger partial charge in [-0.2, -0.15) is 0 Å². The van der Waals surface area contributed by atoms with Crippen LogP contribution in [-0.2, 0) is 23.8 Å². The van der Waals surface area contributed by atoms with Crippen molar-refractivity contribution in [3.8, 4) is 0 Å². The van der Waals surface area contributed by atoms with Gasteiger partial charge in [-0.3, -0.25) is 0 Å². The van der Waals surface area contributed by atoms with E-state index in [2.05, 4.69) is 62.8 Å². The molecule has 1 aromatic carbocycles. The molecule has 0 saturated carbocycles. The lowest BCUT2D eigenvalue weighted by Crippen LogP contribution is -2.40. The van der Waals surface area contributed by atoms with Gasteiger partial charge in [0.2, 0.25) is 0 Å². The summed E-state index contributed by atoms with van der Waals surface area (Å²) in [6, 6.07) is 8.75. The number of hydrogen-bond donors (Lipinski definition) is 1. The van der Waals surface area contributed by atoms with Crippen molar-refractivity contribution in [1.29, 1.82) is 0 Å². The zero-order valence-electron chi connectivity index (χ0n) is 12.7. The molecule has 1 aliphatic carbocycles. The quantitative estimate of drug-likeness (QED) is 0.911. The summed E-state index contributed by atoms with van der Waals surface area (Å²) in [4.78, 5) is 4.95. The van der Waals surface area contributed by atoms with Crippen LogP contribution in [0.25, 0.3) is 0 Å².